The lowest BCUT2D eigenvalue weighted by Crippen LogP contribution is -2.43. The molecule has 6 heteroatoms. The van der Waals surface area contributed by atoms with E-state index in [1.54, 1.807) is 13.8 Å². The van der Waals surface area contributed by atoms with Crippen LogP contribution in [0.4, 0.5) is 17.6 Å². The van der Waals surface area contributed by atoms with E-state index < -0.39 is 22.8 Å². The highest BCUT2D eigenvalue weighted by molar-refractivity contribution is 6.40. The first-order valence-electron chi connectivity index (χ1n) is 5.01. The molecular weight excluding hydrogens is 230 g/mol. The minimum Gasteiger partial charge on any atom is -0.207 e. The van der Waals surface area contributed by atoms with Crippen LogP contribution in [0.5, 0.6) is 0 Å². The molecule has 0 atom stereocenters. The van der Waals surface area contributed by atoms with Crippen molar-refractivity contribution in [3.8, 4) is 0 Å². The number of hydrogen-bond donors (Lipinski definition) is 0. The van der Waals surface area contributed by atoms with Gasteiger partial charge in [0.1, 0.15) is 5.82 Å². The molecule has 0 amide bonds. The third-order valence-electron chi connectivity index (χ3n) is 2.57. The molecule has 0 nitrogen and oxygen atoms in total. The van der Waals surface area contributed by atoms with E-state index in [1.165, 1.54) is 6.07 Å². The highest BCUT2D eigenvalue weighted by Gasteiger charge is 2.47. The summed E-state index contributed by atoms with van der Waals surface area (Å²) in [6, 6.07) is 3.12. The Balaban J connectivity index is 3.23. The van der Waals surface area contributed by atoms with Gasteiger partial charge in [0.25, 0.3) is 0 Å². The molecule has 0 bridgehead atoms. The average molecular weight is 240 g/mol. The first-order chi connectivity index (χ1) is 7.57. The molecule has 88 valence electrons. The van der Waals surface area contributed by atoms with E-state index in [0.29, 0.717) is 5.56 Å². The van der Waals surface area contributed by atoms with Gasteiger partial charge >= 0.3 is 6.18 Å². The van der Waals surface area contributed by atoms with Gasteiger partial charge in [-0.15, -0.1) is 0 Å². The Morgan fingerprint density at radius 3 is 2.00 bits per heavy atom. The zero-order valence-electron chi connectivity index (χ0n) is 9.48. The van der Waals surface area contributed by atoms with Crippen LogP contribution in [0, 0.1) is 5.82 Å². The fourth-order valence-corrected chi connectivity index (χ4v) is 1.42. The van der Waals surface area contributed by atoms with Crippen LogP contribution in [-0.4, -0.2) is 21.9 Å². The molecule has 0 saturated carbocycles. The zero-order chi connectivity index (χ0) is 13.4. The third-order valence-corrected chi connectivity index (χ3v) is 2.57. The number of hydrogen-bond acceptors (Lipinski definition) is 0. The van der Waals surface area contributed by atoms with Gasteiger partial charge in [0.05, 0.1) is 15.7 Å². The summed E-state index contributed by atoms with van der Waals surface area (Å²) in [6.45, 7) is 3.47. The van der Waals surface area contributed by atoms with Crippen molar-refractivity contribution in [3.05, 3.63) is 35.1 Å². The maximum Gasteiger partial charge on any atom is 0.383 e. The number of halogens is 4. The molecular formula is C11H10B2F4. The molecule has 0 unspecified atom stereocenters. The quantitative estimate of drug-likeness (QED) is 0.550. The largest absolute Gasteiger partial charge is 0.383 e. The zero-order valence-corrected chi connectivity index (χ0v) is 9.48. The van der Waals surface area contributed by atoms with Crippen molar-refractivity contribution in [3.63, 3.8) is 0 Å². The predicted molar refractivity (Wildman–Crippen MR) is 59.7 cm³/mol. The Morgan fingerprint density at radius 1 is 1.12 bits per heavy atom. The molecule has 17 heavy (non-hydrogen) atoms. The van der Waals surface area contributed by atoms with Crippen LogP contribution in [0.1, 0.15) is 30.9 Å². The van der Waals surface area contributed by atoms with Gasteiger partial charge in [-0.1, -0.05) is 26.0 Å². The van der Waals surface area contributed by atoms with E-state index in [2.05, 4.69) is 0 Å². The topological polar surface area (TPSA) is 0 Å². The van der Waals surface area contributed by atoms with Gasteiger partial charge in [-0.05, 0) is 23.1 Å². The third kappa shape index (κ3) is 2.67. The number of benzene rings is 1. The minimum atomic E-state index is -4.83. The smallest absolute Gasteiger partial charge is 0.207 e. The van der Waals surface area contributed by atoms with E-state index in [-0.39, 0.29) is 5.92 Å². The van der Waals surface area contributed by atoms with Gasteiger partial charge in [-0.25, -0.2) is 4.39 Å². The fraction of sp³-hybridized carbons (Fsp3) is 0.455. The summed E-state index contributed by atoms with van der Waals surface area (Å²) in [5, 5.41) is -3.04. The Labute approximate surface area is 100 Å². The summed E-state index contributed by atoms with van der Waals surface area (Å²) in [4.78, 5) is 0. The van der Waals surface area contributed by atoms with E-state index >= 15 is 0 Å². The average Bonchev–Trinajstić information content (AvgIpc) is 2.14. The molecule has 0 heterocycles. The highest BCUT2D eigenvalue weighted by atomic mass is 19.4. The maximum atomic E-state index is 13.5. The van der Waals surface area contributed by atoms with Crippen LogP contribution in [0.25, 0.3) is 0 Å². The molecule has 0 aliphatic carbocycles. The van der Waals surface area contributed by atoms with E-state index in [4.69, 9.17) is 15.7 Å². The SMILES string of the molecule is [B]C([B])(c1ccc(C(C)C)c(F)c1)C(F)(F)F. The van der Waals surface area contributed by atoms with Gasteiger partial charge < -0.3 is 0 Å². The summed E-state index contributed by atoms with van der Waals surface area (Å²) in [6.07, 6.45) is -4.83. The summed E-state index contributed by atoms with van der Waals surface area (Å²) < 4.78 is 51.2. The molecule has 0 spiro atoms. The number of alkyl halides is 3. The van der Waals surface area contributed by atoms with E-state index in [9.17, 15) is 17.6 Å². The molecule has 0 aliphatic heterocycles. The van der Waals surface area contributed by atoms with Gasteiger partial charge in [0.2, 0.25) is 0 Å². The molecule has 1 rings (SSSR count). The Kier molecular flexibility index (Phi) is 3.65. The molecule has 1 aromatic rings. The number of rotatable bonds is 2. The lowest BCUT2D eigenvalue weighted by molar-refractivity contribution is -0.143. The lowest BCUT2D eigenvalue weighted by Gasteiger charge is -2.29. The highest BCUT2D eigenvalue weighted by Crippen LogP contribution is 2.36. The first kappa shape index (κ1) is 14.1. The Hall–Kier alpha value is -0.930. The second kappa shape index (κ2) is 4.39. The van der Waals surface area contributed by atoms with Crippen molar-refractivity contribution in [1.82, 2.24) is 0 Å². The van der Waals surface area contributed by atoms with E-state index in [1.807, 2.05) is 0 Å². The van der Waals surface area contributed by atoms with Crippen LogP contribution in [0.2, 0.25) is 0 Å². The first-order valence-corrected chi connectivity index (χ1v) is 5.01. The fourth-order valence-electron chi connectivity index (χ4n) is 1.42. The van der Waals surface area contributed by atoms with Crippen LogP contribution < -0.4 is 0 Å². The second-order valence-corrected chi connectivity index (χ2v) is 4.26. The summed E-state index contributed by atoms with van der Waals surface area (Å²) in [7, 11) is 9.99. The van der Waals surface area contributed by atoms with Crippen molar-refractivity contribution < 1.29 is 17.6 Å². The Bertz CT molecular complexity index is 410. The van der Waals surface area contributed by atoms with Gasteiger partial charge in [0.15, 0.2) is 0 Å². The van der Waals surface area contributed by atoms with E-state index in [0.717, 1.165) is 12.1 Å². The standard InChI is InChI=1S/C11H10B2F4/c1-6(2)8-4-3-7(5-9(8)14)10(12,13)11(15,16)17/h3-6H,1-2H3. The van der Waals surface area contributed by atoms with Crippen molar-refractivity contribution in [1.29, 1.82) is 0 Å². The minimum absolute atomic E-state index is 0.125. The van der Waals surface area contributed by atoms with Gasteiger partial charge in [0, 0.05) is 5.21 Å². The van der Waals surface area contributed by atoms with Crippen LogP contribution >= 0.6 is 0 Å². The molecule has 0 aromatic heterocycles. The van der Waals surface area contributed by atoms with Crippen molar-refractivity contribution in [2.45, 2.75) is 31.2 Å². The van der Waals surface area contributed by atoms with Crippen molar-refractivity contribution in [2.24, 2.45) is 0 Å². The molecule has 0 N–H and O–H groups in total. The molecule has 0 saturated heterocycles. The molecule has 0 aliphatic rings. The van der Waals surface area contributed by atoms with Crippen molar-refractivity contribution >= 4 is 15.7 Å². The normalized spacial score (nSPS) is 13.1. The summed E-state index contributed by atoms with van der Waals surface area (Å²) in [5.74, 6) is -0.859. The van der Waals surface area contributed by atoms with Crippen LogP contribution in [0.15, 0.2) is 18.2 Å². The lowest BCUT2D eigenvalue weighted by atomic mass is 9.50. The molecule has 4 radical (unpaired) electrons. The maximum absolute atomic E-state index is 13.5. The summed E-state index contributed by atoms with van der Waals surface area (Å²) in [5.41, 5.74) is -0.168. The monoisotopic (exact) mass is 240 g/mol. The Morgan fingerprint density at radius 2 is 1.65 bits per heavy atom. The van der Waals surface area contributed by atoms with Crippen molar-refractivity contribution in [2.75, 3.05) is 0 Å². The molecule has 1 aromatic carbocycles. The second-order valence-electron chi connectivity index (χ2n) is 4.26. The van der Waals surface area contributed by atoms with Crippen LogP contribution in [0.3, 0.4) is 0 Å². The van der Waals surface area contributed by atoms with Gasteiger partial charge in [-0.3, -0.25) is 0 Å². The van der Waals surface area contributed by atoms with Crippen LogP contribution in [-0.2, 0) is 5.21 Å². The summed E-state index contributed by atoms with van der Waals surface area (Å²) >= 11 is 0. The molecule has 0 fully saturated rings. The predicted octanol–water partition coefficient (Wildman–Crippen LogP) is 3.00. The van der Waals surface area contributed by atoms with Gasteiger partial charge in [-0.2, -0.15) is 13.2 Å².